The summed E-state index contributed by atoms with van der Waals surface area (Å²) in [5.74, 6) is 1.36. The number of ether oxygens (including phenoxy) is 2. The Kier molecular flexibility index (Phi) is 6.09. The lowest BCUT2D eigenvalue weighted by Crippen LogP contribution is -2.39. The Morgan fingerprint density at radius 2 is 2.15 bits per heavy atom. The summed E-state index contributed by atoms with van der Waals surface area (Å²) in [5.41, 5.74) is 0. The number of hydrogen-bond donors (Lipinski definition) is 0. The summed E-state index contributed by atoms with van der Waals surface area (Å²) in [7, 11) is 1.43. The molecule has 0 N–H and O–H groups in total. The van der Waals surface area contributed by atoms with Crippen molar-refractivity contribution in [1.82, 2.24) is 4.90 Å². The average Bonchev–Trinajstić information content (AvgIpc) is 2.46. The molecule has 1 fully saturated rings. The van der Waals surface area contributed by atoms with Crippen LogP contribution >= 0.6 is 22.6 Å². The first-order valence-electron chi connectivity index (χ1n) is 6.85. The van der Waals surface area contributed by atoms with Crippen LogP contribution in [0.3, 0.4) is 0 Å². The van der Waals surface area contributed by atoms with Gasteiger partial charge in [-0.15, -0.1) is 0 Å². The Hall–Kier alpha value is -0.820. The molecule has 1 aliphatic rings. The molecule has 1 saturated heterocycles. The van der Waals surface area contributed by atoms with E-state index < -0.39 is 0 Å². The van der Waals surface area contributed by atoms with Gasteiger partial charge >= 0.3 is 5.97 Å². The third-order valence-corrected chi connectivity index (χ3v) is 4.24. The molecule has 0 saturated carbocycles. The normalized spacial score (nSPS) is 16.9. The van der Waals surface area contributed by atoms with Crippen LogP contribution in [0.5, 0.6) is 5.75 Å². The van der Waals surface area contributed by atoms with Crippen molar-refractivity contribution in [1.29, 1.82) is 0 Å². The highest BCUT2D eigenvalue weighted by atomic mass is 127. The molecule has 110 valence electrons. The maximum Gasteiger partial charge on any atom is 0.319 e. The Morgan fingerprint density at radius 3 is 2.80 bits per heavy atom. The number of benzene rings is 1. The van der Waals surface area contributed by atoms with Gasteiger partial charge in [-0.25, -0.2) is 0 Å². The van der Waals surface area contributed by atoms with Crippen molar-refractivity contribution in [3.63, 3.8) is 0 Å². The third kappa shape index (κ3) is 4.94. The van der Waals surface area contributed by atoms with Crippen LogP contribution in [0.4, 0.5) is 0 Å². The minimum atomic E-state index is -0.154. The SMILES string of the molecule is COC(=O)CN1CCC(COc2cccc(I)c2)CC1. The maximum absolute atomic E-state index is 11.2. The molecule has 1 aromatic carbocycles. The van der Waals surface area contributed by atoms with Crippen LogP contribution < -0.4 is 4.74 Å². The highest BCUT2D eigenvalue weighted by Crippen LogP contribution is 2.20. The van der Waals surface area contributed by atoms with Crippen LogP contribution in [-0.2, 0) is 9.53 Å². The van der Waals surface area contributed by atoms with Gasteiger partial charge in [-0.3, -0.25) is 9.69 Å². The minimum Gasteiger partial charge on any atom is -0.493 e. The second-order valence-electron chi connectivity index (χ2n) is 5.06. The van der Waals surface area contributed by atoms with E-state index in [4.69, 9.17) is 9.47 Å². The van der Waals surface area contributed by atoms with Crippen molar-refractivity contribution < 1.29 is 14.3 Å². The second kappa shape index (κ2) is 7.83. The molecule has 0 bridgehead atoms. The van der Waals surface area contributed by atoms with E-state index in [1.807, 2.05) is 18.2 Å². The summed E-state index contributed by atoms with van der Waals surface area (Å²) in [5, 5.41) is 0. The van der Waals surface area contributed by atoms with Crippen molar-refractivity contribution in [2.45, 2.75) is 12.8 Å². The van der Waals surface area contributed by atoms with Crippen molar-refractivity contribution in [2.75, 3.05) is 33.4 Å². The zero-order chi connectivity index (χ0) is 14.4. The van der Waals surface area contributed by atoms with E-state index in [-0.39, 0.29) is 5.97 Å². The van der Waals surface area contributed by atoms with Crippen molar-refractivity contribution in [3.8, 4) is 5.75 Å². The summed E-state index contributed by atoms with van der Waals surface area (Å²) in [4.78, 5) is 13.4. The summed E-state index contributed by atoms with van der Waals surface area (Å²) in [6, 6.07) is 8.11. The number of halogens is 1. The zero-order valence-corrected chi connectivity index (χ0v) is 13.8. The summed E-state index contributed by atoms with van der Waals surface area (Å²) in [6.45, 7) is 3.04. The summed E-state index contributed by atoms with van der Waals surface area (Å²) >= 11 is 2.29. The van der Waals surface area contributed by atoms with Crippen LogP contribution in [0.25, 0.3) is 0 Å². The first-order chi connectivity index (χ1) is 9.67. The van der Waals surface area contributed by atoms with Crippen molar-refractivity contribution in [2.24, 2.45) is 5.92 Å². The molecular weight excluding hydrogens is 369 g/mol. The van der Waals surface area contributed by atoms with Gasteiger partial charge in [-0.05, 0) is 72.6 Å². The molecule has 1 aromatic rings. The minimum absolute atomic E-state index is 0.154. The molecule has 0 radical (unpaired) electrons. The molecule has 5 heteroatoms. The smallest absolute Gasteiger partial charge is 0.319 e. The third-order valence-electron chi connectivity index (χ3n) is 3.57. The van der Waals surface area contributed by atoms with Crippen molar-refractivity contribution in [3.05, 3.63) is 27.8 Å². The van der Waals surface area contributed by atoms with Crippen LogP contribution in [0.1, 0.15) is 12.8 Å². The number of rotatable bonds is 5. The molecule has 0 aromatic heterocycles. The fourth-order valence-electron chi connectivity index (χ4n) is 2.33. The molecular formula is C15H20INO3. The molecule has 0 amide bonds. The van der Waals surface area contributed by atoms with Gasteiger partial charge in [0.25, 0.3) is 0 Å². The van der Waals surface area contributed by atoms with Crippen LogP contribution in [0.15, 0.2) is 24.3 Å². The van der Waals surface area contributed by atoms with Crippen LogP contribution in [-0.4, -0.2) is 44.2 Å². The number of piperidine rings is 1. The summed E-state index contributed by atoms with van der Waals surface area (Å²) < 4.78 is 11.7. The molecule has 1 aliphatic heterocycles. The molecule has 0 unspecified atom stereocenters. The summed E-state index contributed by atoms with van der Waals surface area (Å²) in [6.07, 6.45) is 2.14. The topological polar surface area (TPSA) is 38.8 Å². The predicted octanol–water partition coefficient (Wildman–Crippen LogP) is 2.56. The van der Waals surface area contributed by atoms with Gasteiger partial charge in [0.2, 0.25) is 0 Å². The average molecular weight is 389 g/mol. The van der Waals surface area contributed by atoms with E-state index in [2.05, 4.69) is 33.6 Å². The number of hydrogen-bond acceptors (Lipinski definition) is 4. The number of likely N-dealkylation sites (tertiary alicyclic amines) is 1. The number of carbonyl (C=O) groups is 1. The van der Waals surface area contributed by atoms with Gasteiger partial charge in [0.05, 0.1) is 20.3 Å². The second-order valence-corrected chi connectivity index (χ2v) is 6.31. The standard InChI is InChI=1S/C15H20INO3/c1-19-15(18)10-17-7-5-12(6-8-17)11-20-14-4-2-3-13(16)9-14/h2-4,9,12H,5-8,10-11H2,1H3. The van der Waals surface area contributed by atoms with Crippen LogP contribution in [0.2, 0.25) is 0 Å². The van der Waals surface area contributed by atoms with Gasteiger partial charge in [0.15, 0.2) is 0 Å². The Bertz CT molecular complexity index is 444. The number of esters is 1. The fraction of sp³-hybridized carbons (Fsp3) is 0.533. The molecule has 0 atom stereocenters. The Balaban J connectivity index is 1.70. The van der Waals surface area contributed by atoms with Gasteiger partial charge in [0.1, 0.15) is 5.75 Å². The highest BCUT2D eigenvalue weighted by Gasteiger charge is 2.21. The highest BCUT2D eigenvalue weighted by molar-refractivity contribution is 14.1. The molecule has 20 heavy (non-hydrogen) atoms. The lowest BCUT2D eigenvalue weighted by Gasteiger charge is -2.30. The lowest BCUT2D eigenvalue weighted by molar-refractivity contribution is -0.142. The van der Waals surface area contributed by atoms with Gasteiger partial charge < -0.3 is 9.47 Å². The Labute approximate surface area is 133 Å². The van der Waals surface area contributed by atoms with E-state index in [1.165, 1.54) is 10.7 Å². The number of carbonyl (C=O) groups excluding carboxylic acids is 1. The van der Waals surface area contributed by atoms with Gasteiger partial charge in [-0.1, -0.05) is 6.07 Å². The van der Waals surface area contributed by atoms with E-state index in [0.717, 1.165) is 38.3 Å². The zero-order valence-electron chi connectivity index (χ0n) is 11.7. The van der Waals surface area contributed by atoms with E-state index in [0.29, 0.717) is 12.5 Å². The monoisotopic (exact) mass is 389 g/mol. The van der Waals surface area contributed by atoms with E-state index in [9.17, 15) is 4.79 Å². The Morgan fingerprint density at radius 1 is 1.40 bits per heavy atom. The first-order valence-corrected chi connectivity index (χ1v) is 7.93. The van der Waals surface area contributed by atoms with Crippen molar-refractivity contribution >= 4 is 28.6 Å². The quantitative estimate of drug-likeness (QED) is 0.573. The van der Waals surface area contributed by atoms with Gasteiger partial charge in [0, 0.05) is 3.57 Å². The maximum atomic E-state index is 11.2. The first kappa shape index (κ1) is 15.6. The molecule has 2 rings (SSSR count). The predicted molar refractivity (Wildman–Crippen MR) is 85.8 cm³/mol. The molecule has 4 nitrogen and oxygen atoms in total. The number of nitrogens with zero attached hydrogens (tertiary/aromatic N) is 1. The fourth-order valence-corrected chi connectivity index (χ4v) is 2.84. The lowest BCUT2D eigenvalue weighted by atomic mass is 9.98. The molecule has 1 heterocycles. The van der Waals surface area contributed by atoms with E-state index >= 15 is 0 Å². The van der Waals surface area contributed by atoms with Crippen LogP contribution in [0, 0.1) is 9.49 Å². The van der Waals surface area contributed by atoms with E-state index in [1.54, 1.807) is 0 Å². The molecule has 0 spiro atoms. The largest absolute Gasteiger partial charge is 0.493 e. The molecule has 0 aliphatic carbocycles. The van der Waals surface area contributed by atoms with Gasteiger partial charge in [-0.2, -0.15) is 0 Å². The number of methoxy groups -OCH3 is 1.